The Hall–Kier alpha value is -1.36. The van der Waals surface area contributed by atoms with Crippen LogP contribution in [-0.4, -0.2) is 38.6 Å². The van der Waals surface area contributed by atoms with Gasteiger partial charge in [-0.25, -0.2) is 4.98 Å². The van der Waals surface area contributed by atoms with Gasteiger partial charge in [0.25, 0.3) is 0 Å². The van der Waals surface area contributed by atoms with E-state index in [9.17, 15) is 4.79 Å². The fourth-order valence-corrected chi connectivity index (χ4v) is 2.39. The van der Waals surface area contributed by atoms with Gasteiger partial charge in [0.1, 0.15) is 0 Å². The lowest BCUT2D eigenvalue weighted by Crippen LogP contribution is -2.38. The van der Waals surface area contributed by atoms with E-state index in [2.05, 4.69) is 21.4 Å². The lowest BCUT2D eigenvalue weighted by atomic mass is 9.98. The molecule has 5 heteroatoms. The molecule has 1 aromatic heterocycles. The largest absolute Gasteiger partial charge is 0.481 e. The molecule has 0 radical (unpaired) electrons. The second-order valence-electron chi connectivity index (χ2n) is 4.58. The first-order valence-electron chi connectivity index (χ1n) is 6.15. The standard InChI is InChI=1S/C12H19N3O2/c1-2-15-9-13-6-11(15)8-14-5-3-4-10(7-14)12(16)17/h6,9-10H,2-5,7-8H2,1H3,(H,16,17). The summed E-state index contributed by atoms with van der Waals surface area (Å²) in [5.74, 6) is -0.875. The fourth-order valence-electron chi connectivity index (χ4n) is 2.39. The highest BCUT2D eigenvalue weighted by atomic mass is 16.4. The van der Waals surface area contributed by atoms with Crippen molar-refractivity contribution in [2.24, 2.45) is 5.92 Å². The predicted octanol–water partition coefficient (Wildman–Crippen LogP) is 1.20. The van der Waals surface area contributed by atoms with Gasteiger partial charge < -0.3 is 9.67 Å². The first-order valence-corrected chi connectivity index (χ1v) is 6.15. The van der Waals surface area contributed by atoms with Crippen LogP contribution in [0.4, 0.5) is 0 Å². The Morgan fingerprint density at radius 3 is 3.18 bits per heavy atom. The molecular weight excluding hydrogens is 218 g/mol. The molecule has 2 rings (SSSR count). The van der Waals surface area contributed by atoms with Gasteiger partial charge in [-0.15, -0.1) is 0 Å². The number of piperidine rings is 1. The zero-order valence-corrected chi connectivity index (χ0v) is 10.2. The van der Waals surface area contributed by atoms with Crippen molar-refractivity contribution in [3.05, 3.63) is 18.2 Å². The maximum atomic E-state index is 11.0. The Morgan fingerprint density at radius 2 is 2.47 bits per heavy atom. The molecule has 1 aliphatic rings. The molecule has 1 aromatic rings. The van der Waals surface area contributed by atoms with E-state index in [0.717, 1.165) is 32.5 Å². The van der Waals surface area contributed by atoms with Crippen LogP contribution in [0.3, 0.4) is 0 Å². The third-order valence-corrected chi connectivity index (χ3v) is 3.38. The zero-order chi connectivity index (χ0) is 12.3. The molecule has 0 aliphatic carbocycles. The smallest absolute Gasteiger partial charge is 0.307 e. The van der Waals surface area contributed by atoms with Crippen LogP contribution in [-0.2, 0) is 17.9 Å². The minimum Gasteiger partial charge on any atom is -0.481 e. The van der Waals surface area contributed by atoms with Gasteiger partial charge in [-0.3, -0.25) is 9.69 Å². The van der Waals surface area contributed by atoms with Crippen LogP contribution in [0.25, 0.3) is 0 Å². The molecule has 0 aromatic carbocycles. The lowest BCUT2D eigenvalue weighted by molar-refractivity contribution is -0.143. The summed E-state index contributed by atoms with van der Waals surface area (Å²) in [5.41, 5.74) is 1.17. The molecule has 1 fully saturated rings. The second kappa shape index (κ2) is 5.31. The van der Waals surface area contributed by atoms with Crippen molar-refractivity contribution in [2.75, 3.05) is 13.1 Å². The number of carbonyl (C=O) groups is 1. The van der Waals surface area contributed by atoms with Crippen molar-refractivity contribution < 1.29 is 9.90 Å². The Morgan fingerprint density at radius 1 is 1.65 bits per heavy atom. The van der Waals surface area contributed by atoms with Gasteiger partial charge in [0.05, 0.1) is 17.9 Å². The molecule has 1 saturated heterocycles. The highest BCUT2D eigenvalue weighted by molar-refractivity contribution is 5.70. The van der Waals surface area contributed by atoms with E-state index < -0.39 is 5.97 Å². The summed E-state index contributed by atoms with van der Waals surface area (Å²) >= 11 is 0. The molecule has 0 bridgehead atoms. The van der Waals surface area contributed by atoms with Gasteiger partial charge in [-0.1, -0.05) is 0 Å². The molecular formula is C12H19N3O2. The molecule has 94 valence electrons. The SMILES string of the molecule is CCn1cncc1CN1CCCC(C(=O)O)C1. The van der Waals surface area contributed by atoms with E-state index in [1.165, 1.54) is 5.69 Å². The van der Waals surface area contributed by atoms with Crippen LogP contribution < -0.4 is 0 Å². The summed E-state index contributed by atoms with van der Waals surface area (Å²) < 4.78 is 2.10. The van der Waals surface area contributed by atoms with Crippen molar-refractivity contribution >= 4 is 5.97 Å². The van der Waals surface area contributed by atoms with E-state index in [0.29, 0.717) is 6.54 Å². The molecule has 1 N–H and O–H groups in total. The van der Waals surface area contributed by atoms with Crippen molar-refractivity contribution in [3.8, 4) is 0 Å². The number of carboxylic acids is 1. The van der Waals surface area contributed by atoms with Crippen LogP contribution in [0.5, 0.6) is 0 Å². The number of aliphatic carboxylic acids is 1. The van der Waals surface area contributed by atoms with Gasteiger partial charge >= 0.3 is 5.97 Å². The normalized spacial score (nSPS) is 21.6. The Bertz CT molecular complexity index is 389. The number of hydrogen-bond donors (Lipinski definition) is 1. The molecule has 1 aliphatic heterocycles. The summed E-state index contributed by atoms with van der Waals surface area (Å²) in [6.07, 6.45) is 5.47. The Kier molecular flexibility index (Phi) is 3.78. The minimum atomic E-state index is -0.668. The zero-order valence-electron chi connectivity index (χ0n) is 10.2. The van der Waals surface area contributed by atoms with E-state index in [1.807, 2.05) is 12.5 Å². The summed E-state index contributed by atoms with van der Waals surface area (Å²) in [5, 5.41) is 9.04. The Labute approximate surface area is 101 Å². The van der Waals surface area contributed by atoms with E-state index in [4.69, 9.17) is 5.11 Å². The minimum absolute atomic E-state index is 0.207. The van der Waals surface area contributed by atoms with Crippen molar-refractivity contribution in [3.63, 3.8) is 0 Å². The van der Waals surface area contributed by atoms with Crippen LogP contribution in [0.2, 0.25) is 0 Å². The van der Waals surface area contributed by atoms with E-state index in [-0.39, 0.29) is 5.92 Å². The fraction of sp³-hybridized carbons (Fsp3) is 0.667. The summed E-state index contributed by atoms with van der Waals surface area (Å²) in [7, 11) is 0. The van der Waals surface area contributed by atoms with Crippen molar-refractivity contribution in [1.82, 2.24) is 14.5 Å². The number of rotatable bonds is 4. The van der Waals surface area contributed by atoms with Crippen LogP contribution >= 0.6 is 0 Å². The molecule has 0 amide bonds. The highest BCUT2D eigenvalue weighted by Gasteiger charge is 2.25. The predicted molar refractivity (Wildman–Crippen MR) is 63.5 cm³/mol. The molecule has 1 unspecified atom stereocenters. The lowest BCUT2D eigenvalue weighted by Gasteiger charge is -2.30. The first kappa shape index (κ1) is 12.1. The number of aryl methyl sites for hydroxylation is 1. The summed E-state index contributed by atoms with van der Waals surface area (Å²) in [6, 6.07) is 0. The maximum absolute atomic E-state index is 11.0. The van der Waals surface area contributed by atoms with E-state index in [1.54, 1.807) is 0 Å². The van der Waals surface area contributed by atoms with Crippen LogP contribution in [0.1, 0.15) is 25.5 Å². The number of nitrogens with zero attached hydrogens (tertiary/aromatic N) is 3. The average Bonchev–Trinajstić information content (AvgIpc) is 2.76. The first-order chi connectivity index (χ1) is 8.20. The quantitative estimate of drug-likeness (QED) is 0.855. The number of carboxylic acid groups (broad SMARTS) is 1. The van der Waals surface area contributed by atoms with Crippen molar-refractivity contribution in [2.45, 2.75) is 32.9 Å². The average molecular weight is 237 g/mol. The van der Waals surface area contributed by atoms with Gasteiger partial charge in [0.15, 0.2) is 0 Å². The van der Waals surface area contributed by atoms with Crippen LogP contribution in [0, 0.1) is 5.92 Å². The summed E-state index contributed by atoms with van der Waals surface area (Å²) in [4.78, 5) is 17.3. The Balaban J connectivity index is 1.97. The molecule has 1 atom stereocenters. The van der Waals surface area contributed by atoms with E-state index >= 15 is 0 Å². The number of likely N-dealkylation sites (tertiary alicyclic amines) is 1. The molecule has 5 nitrogen and oxygen atoms in total. The highest BCUT2D eigenvalue weighted by Crippen LogP contribution is 2.18. The maximum Gasteiger partial charge on any atom is 0.307 e. The molecule has 0 spiro atoms. The van der Waals surface area contributed by atoms with Gasteiger partial charge in [0, 0.05) is 25.8 Å². The monoisotopic (exact) mass is 237 g/mol. The topological polar surface area (TPSA) is 58.4 Å². The van der Waals surface area contributed by atoms with Gasteiger partial charge in [-0.2, -0.15) is 0 Å². The molecule has 0 saturated carbocycles. The number of aromatic nitrogens is 2. The third-order valence-electron chi connectivity index (χ3n) is 3.38. The van der Waals surface area contributed by atoms with Crippen molar-refractivity contribution in [1.29, 1.82) is 0 Å². The van der Waals surface area contributed by atoms with Crippen LogP contribution in [0.15, 0.2) is 12.5 Å². The second-order valence-corrected chi connectivity index (χ2v) is 4.58. The summed E-state index contributed by atoms with van der Waals surface area (Å²) in [6.45, 7) is 5.44. The van der Waals surface area contributed by atoms with Gasteiger partial charge in [0.2, 0.25) is 0 Å². The molecule has 2 heterocycles. The van der Waals surface area contributed by atoms with Gasteiger partial charge in [-0.05, 0) is 26.3 Å². The molecule has 17 heavy (non-hydrogen) atoms. The number of imidazole rings is 1. The number of hydrogen-bond acceptors (Lipinski definition) is 3. The third kappa shape index (κ3) is 2.85.